The highest BCUT2D eigenvalue weighted by molar-refractivity contribution is 6.33. The second kappa shape index (κ2) is 3.14. The number of nitrogens with one attached hydrogen (secondary N) is 1. The molecule has 0 atom stereocenters. The zero-order chi connectivity index (χ0) is 9.47. The van der Waals surface area contributed by atoms with Gasteiger partial charge in [0.1, 0.15) is 5.60 Å². The van der Waals surface area contributed by atoms with Crippen molar-refractivity contribution in [2.24, 2.45) is 0 Å². The first-order chi connectivity index (χ1) is 6.12. The highest BCUT2D eigenvalue weighted by Crippen LogP contribution is 2.33. The smallest absolute Gasteiger partial charge is 0.116 e. The Morgan fingerprint density at radius 3 is 2.54 bits per heavy atom. The van der Waals surface area contributed by atoms with E-state index >= 15 is 0 Å². The summed E-state index contributed by atoms with van der Waals surface area (Å²) in [6, 6.07) is 5.13. The van der Waals surface area contributed by atoms with Crippen molar-refractivity contribution in [1.82, 2.24) is 5.32 Å². The predicted octanol–water partition coefficient (Wildman–Crippen LogP) is 1.78. The maximum Gasteiger partial charge on any atom is 0.116 e. The number of benzene rings is 1. The minimum absolute atomic E-state index is 0.535. The van der Waals surface area contributed by atoms with E-state index < -0.39 is 5.60 Å². The van der Waals surface area contributed by atoms with Crippen LogP contribution in [0.15, 0.2) is 18.2 Å². The zero-order valence-corrected chi connectivity index (χ0v) is 8.36. The van der Waals surface area contributed by atoms with E-state index in [4.69, 9.17) is 23.2 Å². The first kappa shape index (κ1) is 9.28. The lowest BCUT2D eigenvalue weighted by molar-refractivity contribution is -0.0145. The fourth-order valence-corrected chi connectivity index (χ4v) is 1.87. The summed E-state index contributed by atoms with van der Waals surface area (Å²) in [7, 11) is 0. The largest absolute Gasteiger partial charge is 0.382 e. The highest BCUT2D eigenvalue weighted by Gasteiger charge is 2.37. The molecule has 70 valence electrons. The molecule has 2 nitrogen and oxygen atoms in total. The minimum Gasteiger partial charge on any atom is -0.382 e. The van der Waals surface area contributed by atoms with E-state index in [9.17, 15) is 5.11 Å². The SMILES string of the molecule is OC1(c2cc(Cl)ccc2Cl)CNC1. The van der Waals surface area contributed by atoms with Gasteiger partial charge in [-0.2, -0.15) is 0 Å². The minimum atomic E-state index is -0.831. The molecule has 0 amide bonds. The van der Waals surface area contributed by atoms with Gasteiger partial charge < -0.3 is 10.4 Å². The summed E-state index contributed by atoms with van der Waals surface area (Å²) in [6.45, 7) is 1.07. The van der Waals surface area contributed by atoms with Crippen molar-refractivity contribution in [2.45, 2.75) is 5.60 Å². The molecule has 13 heavy (non-hydrogen) atoms. The maximum atomic E-state index is 9.98. The van der Waals surface area contributed by atoms with Crippen LogP contribution in [0.5, 0.6) is 0 Å². The van der Waals surface area contributed by atoms with Gasteiger partial charge in [-0.05, 0) is 18.2 Å². The van der Waals surface area contributed by atoms with Crippen LogP contribution < -0.4 is 5.32 Å². The number of halogens is 2. The molecule has 1 aliphatic rings. The van der Waals surface area contributed by atoms with Gasteiger partial charge in [-0.1, -0.05) is 23.2 Å². The highest BCUT2D eigenvalue weighted by atomic mass is 35.5. The molecule has 0 unspecified atom stereocenters. The van der Waals surface area contributed by atoms with Gasteiger partial charge in [-0.15, -0.1) is 0 Å². The predicted molar refractivity (Wildman–Crippen MR) is 53.2 cm³/mol. The van der Waals surface area contributed by atoms with Gasteiger partial charge in [0.25, 0.3) is 0 Å². The van der Waals surface area contributed by atoms with Gasteiger partial charge in [0.15, 0.2) is 0 Å². The quantitative estimate of drug-likeness (QED) is 0.753. The van der Waals surface area contributed by atoms with E-state index in [1.54, 1.807) is 18.2 Å². The maximum absolute atomic E-state index is 9.98. The van der Waals surface area contributed by atoms with E-state index in [0.717, 1.165) is 0 Å². The summed E-state index contributed by atoms with van der Waals surface area (Å²) in [6.07, 6.45) is 0. The lowest BCUT2D eigenvalue weighted by atomic mass is 9.88. The molecule has 0 saturated carbocycles. The third-order valence-electron chi connectivity index (χ3n) is 2.26. The Morgan fingerprint density at radius 2 is 2.00 bits per heavy atom. The second-order valence-corrected chi connectivity index (χ2v) is 4.10. The molecule has 0 bridgehead atoms. The Labute approximate surface area is 86.5 Å². The summed E-state index contributed by atoms with van der Waals surface area (Å²) in [5, 5.41) is 14.1. The first-order valence-corrected chi connectivity index (χ1v) is 4.76. The van der Waals surface area contributed by atoms with Crippen LogP contribution in [0.2, 0.25) is 10.0 Å². The first-order valence-electron chi connectivity index (χ1n) is 4.00. The molecule has 0 aliphatic carbocycles. The van der Waals surface area contributed by atoms with E-state index in [0.29, 0.717) is 28.7 Å². The van der Waals surface area contributed by atoms with Crippen molar-refractivity contribution in [1.29, 1.82) is 0 Å². The lowest BCUT2D eigenvalue weighted by Crippen LogP contribution is -2.56. The summed E-state index contributed by atoms with van der Waals surface area (Å²) in [5.41, 5.74) is -0.123. The molecule has 0 aromatic heterocycles. The molecular weight excluding hydrogens is 209 g/mol. The van der Waals surface area contributed by atoms with E-state index in [-0.39, 0.29) is 0 Å². The van der Waals surface area contributed by atoms with E-state index in [2.05, 4.69) is 5.32 Å². The Hall–Kier alpha value is -0.280. The molecule has 0 radical (unpaired) electrons. The molecule has 1 aliphatic heterocycles. The molecule has 1 saturated heterocycles. The summed E-state index contributed by atoms with van der Waals surface area (Å²) < 4.78 is 0. The summed E-state index contributed by atoms with van der Waals surface area (Å²) in [5.74, 6) is 0. The van der Waals surface area contributed by atoms with Crippen LogP contribution in [0, 0.1) is 0 Å². The van der Waals surface area contributed by atoms with Crippen LogP contribution in [-0.2, 0) is 5.60 Å². The van der Waals surface area contributed by atoms with Crippen LogP contribution in [0.25, 0.3) is 0 Å². The van der Waals surface area contributed by atoms with Gasteiger partial charge in [0.05, 0.1) is 0 Å². The summed E-state index contributed by atoms with van der Waals surface area (Å²) in [4.78, 5) is 0. The molecular formula is C9H9Cl2NO. The fourth-order valence-electron chi connectivity index (χ4n) is 1.41. The Morgan fingerprint density at radius 1 is 1.31 bits per heavy atom. The molecule has 1 aromatic rings. The fraction of sp³-hybridized carbons (Fsp3) is 0.333. The van der Waals surface area contributed by atoms with Crippen molar-refractivity contribution in [3.05, 3.63) is 33.8 Å². The molecule has 1 heterocycles. The number of β-amino-alcohol motifs (C(OH)–C–C–N with tert-alkyl or cyclic N) is 1. The lowest BCUT2D eigenvalue weighted by Gasteiger charge is -2.38. The molecule has 1 aromatic carbocycles. The third-order valence-corrected chi connectivity index (χ3v) is 2.83. The van der Waals surface area contributed by atoms with Gasteiger partial charge in [0, 0.05) is 28.7 Å². The molecule has 4 heteroatoms. The number of rotatable bonds is 1. The van der Waals surface area contributed by atoms with E-state index in [1.165, 1.54) is 0 Å². The van der Waals surface area contributed by atoms with Crippen LogP contribution in [-0.4, -0.2) is 18.2 Å². The van der Waals surface area contributed by atoms with Gasteiger partial charge >= 0.3 is 0 Å². The van der Waals surface area contributed by atoms with Crippen LogP contribution in [0.4, 0.5) is 0 Å². The van der Waals surface area contributed by atoms with Crippen molar-refractivity contribution in [3.63, 3.8) is 0 Å². The van der Waals surface area contributed by atoms with Crippen LogP contribution >= 0.6 is 23.2 Å². The van der Waals surface area contributed by atoms with Crippen LogP contribution in [0.3, 0.4) is 0 Å². The Balaban J connectivity index is 2.43. The van der Waals surface area contributed by atoms with Gasteiger partial charge in [-0.3, -0.25) is 0 Å². The normalized spacial score (nSPS) is 19.6. The van der Waals surface area contributed by atoms with Crippen molar-refractivity contribution in [2.75, 3.05) is 13.1 Å². The number of hydrogen-bond donors (Lipinski definition) is 2. The third kappa shape index (κ3) is 1.55. The van der Waals surface area contributed by atoms with Crippen molar-refractivity contribution >= 4 is 23.2 Å². The number of aliphatic hydroxyl groups is 1. The van der Waals surface area contributed by atoms with Crippen molar-refractivity contribution < 1.29 is 5.11 Å². The van der Waals surface area contributed by atoms with Gasteiger partial charge in [-0.25, -0.2) is 0 Å². The Kier molecular flexibility index (Phi) is 2.24. The van der Waals surface area contributed by atoms with Gasteiger partial charge in [0.2, 0.25) is 0 Å². The molecule has 2 rings (SSSR count). The second-order valence-electron chi connectivity index (χ2n) is 3.26. The van der Waals surface area contributed by atoms with Crippen molar-refractivity contribution in [3.8, 4) is 0 Å². The molecule has 0 spiro atoms. The summed E-state index contributed by atoms with van der Waals surface area (Å²) >= 11 is 11.8. The molecule has 2 N–H and O–H groups in total. The average Bonchev–Trinajstić information content (AvgIpc) is 2.05. The van der Waals surface area contributed by atoms with Crippen LogP contribution in [0.1, 0.15) is 5.56 Å². The standard InChI is InChI=1S/C9H9Cl2NO/c10-6-1-2-8(11)7(3-6)9(13)4-12-5-9/h1-3,12-13H,4-5H2. The Bertz CT molecular complexity index is 336. The monoisotopic (exact) mass is 217 g/mol. The average molecular weight is 218 g/mol. The number of hydrogen-bond acceptors (Lipinski definition) is 2. The topological polar surface area (TPSA) is 32.3 Å². The zero-order valence-electron chi connectivity index (χ0n) is 6.85. The van der Waals surface area contributed by atoms with E-state index in [1.807, 2.05) is 0 Å². The molecule has 1 fully saturated rings.